The summed E-state index contributed by atoms with van der Waals surface area (Å²) in [6.07, 6.45) is 5.62. The molecule has 0 radical (unpaired) electrons. The molecule has 1 saturated heterocycles. The normalized spacial score (nSPS) is 19.2. The first-order valence-electron chi connectivity index (χ1n) is 6.83. The molecule has 5 nitrogen and oxygen atoms in total. The van der Waals surface area contributed by atoms with Crippen molar-refractivity contribution in [3.05, 3.63) is 30.0 Å². The molecule has 0 amide bonds. The average molecular weight is 276 g/mol. The van der Waals surface area contributed by atoms with Crippen LogP contribution in [-0.2, 0) is 11.3 Å². The van der Waals surface area contributed by atoms with Crippen LogP contribution in [0, 0.1) is 18.8 Å². The highest BCUT2D eigenvalue weighted by molar-refractivity contribution is 5.61. The molecule has 0 aliphatic carbocycles. The highest BCUT2D eigenvalue weighted by atomic mass is 19.1. The van der Waals surface area contributed by atoms with Gasteiger partial charge in [-0.15, -0.1) is 5.10 Å². The number of halogens is 1. The minimum atomic E-state index is -0.499. The Balaban J connectivity index is 1.77. The summed E-state index contributed by atoms with van der Waals surface area (Å²) in [6, 6.07) is 1.40. The Bertz CT molecular complexity index is 593. The second-order valence-electron chi connectivity index (χ2n) is 5.23. The molecule has 6 heteroatoms. The first-order valence-corrected chi connectivity index (χ1v) is 6.83. The number of rotatable bonds is 3. The molecule has 0 bridgehead atoms. The van der Waals surface area contributed by atoms with E-state index in [1.807, 2.05) is 17.8 Å². The zero-order chi connectivity index (χ0) is 13.9. The van der Waals surface area contributed by atoms with Gasteiger partial charge in [0.25, 0.3) is 0 Å². The Labute approximate surface area is 116 Å². The van der Waals surface area contributed by atoms with Crippen molar-refractivity contribution in [3.63, 3.8) is 0 Å². The maximum atomic E-state index is 13.2. The molecule has 0 spiro atoms. The summed E-state index contributed by atoms with van der Waals surface area (Å²) in [5.74, 6) is -0.0191. The van der Waals surface area contributed by atoms with Crippen molar-refractivity contribution in [3.8, 4) is 11.3 Å². The lowest BCUT2D eigenvalue weighted by atomic mass is 10.0. The summed E-state index contributed by atoms with van der Waals surface area (Å²) in [6.45, 7) is 4.31. The van der Waals surface area contributed by atoms with Gasteiger partial charge in [-0.05, 0) is 25.3 Å². The fourth-order valence-electron chi connectivity index (χ4n) is 2.50. The fraction of sp³-hybridized carbons (Fsp3) is 0.500. The second kappa shape index (κ2) is 5.66. The summed E-state index contributed by atoms with van der Waals surface area (Å²) < 4.78 is 20.5. The van der Waals surface area contributed by atoms with Gasteiger partial charge in [0, 0.05) is 36.9 Å². The van der Waals surface area contributed by atoms with Gasteiger partial charge in [0.15, 0.2) is 0 Å². The quantitative estimate of drug-likeness (QED) is 0.807. The summed E-state index contributed by atoms with van der Waals surface area (Å²) in [5, 5.41) is 8.26. The van der Waals surface area contributed by atoms with Crippen molar-refractivity contribution in [1.82, 2.24) is 20.0 Å². The number of hydrogen-bond donors (Lipinski definition) is 0. The molecule has 0 aromatic carbocycles. The van der Waals surface area contributed by atoms with Gasteiger partial charge >= 0.3 is 0 Å². The zero-order valence-electron chi connectivity index (χ0n) is 11.4. The average Bonchev–Trinajstić information content (AvgIpc) is 2.91. The second-order valence-corrected chi connectivity index (χ2v) is 5.23. The van der Waals surface area contributed by atoms with E-state index in [0.29, 0.717) is 11.6 Å². The molecule has 0 N–H and O–H groups in total. The molecule has 1 aliphatic heterocycles. The van der Waals surface area contributed by atoms with Crippen molar-refractivity contribution in [1.29, 1.82) is 0 Å². The Morgan fingerprint density at radius 2 is 2.40 bits per heavy atom. The maximum absolute atomic E-state index is 13.2. The lowest BCUT2D eigenvalue weighted by Crippen LogP contribution is -2.22. The van der Waals surface area contributed by atoms with Crippen LogP contribution in [0.1, 0.15) is 18.4 Å². The molecule has 1 aliphatic rings. The monoisotopic (exact) mass is 276 g/mol. The van der Waals surface area contributed by atoms with Gasteiger partial charge in [-0.25, -0.2) is 4.98 Å². The third-order valence-electron chi connectivity index (χ3n) is 3.58. The van der Waals surface area contributed by atoms with Gasteiger partial charge in [0.2, 0.25) is 5.95 Å². The number of pyridine rings is 1. The molecule has 1 atom stereocenters. The molecule has 3 heterocycles. The SMILES string of the molecule is Cc1cnc(F)cc1-c1cn(CC2CCCOC2)nn1. The first-order chi connectivity index (χ1) is 9.72. The minimum absolute atomic E-state index is 0.480. The van der Waals surface area contributed by atoms with Crippen LogP contribution in [-0.4, -0.2) is 33.2 Å². The van der Waals surface area contributed by atoms with Crippen LogP contribution in [0.3, 0.4) is 0 Å². The largest absolute Gasteiger partial charge is 0.381 e. The van der Waals surface area contributed by atoms with Crippen LogP contribution in [0.5, 0.6) is 0 Å². The molecule has 106 valence electrons. The highest BCUT2D eigenvalue weighted by Gasteiger charge is 2.16. The lowest BCUT2D eigenvalue weighted by Gasteiger charge is -2.21. The molecule has 20 heavy (non-hydrogen) atoms. The van der Waals surface area contributed by atoms with Crippen LogP contribution >= 0.6 is 0 Å². The van der Waals surface area contributed by atoms with Crippen LogP contribution in [0.15, 0.2) is 18.5 Å². The standard InChI is InChI=1S/C14H17FN4O/c1-10-6-16-14(15)5-12(10)13-8-19(18-17-13)7-11-3-2-4-20-9-11/h5-6,8,11H,2-4,7,9H2,1H3. The number of aromatic nitrogens is 4. The van der Waals surface area contributed by atoms with E-state index in [0.717, 1.165) is 43.7 Å². The van der Waals surface area contributed by atoms with Gasteiger partial charge in [0.05, 0.1) is 12.8 Å². The predicted molar refractivity (Wildman–Crippen MR) is 71.5 cm³/mol. The summed E-state index contributed by atoms with van der Waals surface area (Å²) in [5.41, 5.74) is 2.31. The van der Waals surface area contributed by atoms with E-state index in [-0.39, 0.29) is 0 Å². The van der Waals surface area contributed by atoms with E-state index in [4.69, 9.17) is 4.74 Å². The highest BCUT2D eigenvalue weighted by Crippen LogP contribution is 2.21. The molecular formula is C14H17FN4O. The van der Waals surface area contributed by atoms with E-state index in [9.17, 15) is 4.39 Å². The predicted octanol–water partition coefficient (Wildman–Crippen LogP) is 2.21. The Kier molecular flexibility index (Phi) is 3.73. The third-order valence-corrected chi connectivity index (χ3v) is 3.58. The Hall–Kier alpha value is -1.82. The van der Waals surface area contributed by atoms with E-state index < -0.39 is 5.95 Å². The smallest absolute Gasteiger partial charge is 0.213 e. The Morgan fingerprint density at radius 1 is 1.50 bits per heavy atom. The number of nitrogens with zero attached hydrogens (tertiary/aromatic N) is 4. The van der Waals surface area contributed by atoms with E-state index in [1.165, 1.54) is 12.3 Å². The van der Waals surface area contributed by atoms with Crippen LogP contribution < -0.4 is 0 Å². The maximum Gasteiger partial charge on any atom is 0.213 e. The van der Waals surface area contributed by atoms with Gasteiger partial charge in [-0.1, -0.05) is 5.21 Å². The van der Waals surface area contributed by atoms with E-state index in [2.05, 4.69) is 15.3 Å². The van der Waals surface area contributed by atoms with Crippen molar-refractivity contribution < 1.29 is 9.13 Å². The number of ether oxygens (including phenoxy) is 1. The summed E-state index contributed by atoms with van der Waals surface area (Å²) in [4.78, 5) is 3.63. The fourth-order valence-corrected chi connectivity index (χ4v) is 2.50. The van der Waals surface area contributed by atoms with Gasteiger partial charge in [-0.3, -0.25) is 4.68 Å². The van der Waals surface area contributed by atoms with Crippen molar-refractivity contribution in [2.75, 3.05) is 13.2 Å². The van der Waals surface area contributed by atoms with Crippen molar-refractivity contribution in [2.45, 2.75) is 26.3 Å². The molecule has 0 saturated carbocycles. The lowest BCUT2D eigenvalue weighted by molar-refractivity contribution is 0.0468. The van der Waals surface area contributed by atoms with E-state index in [1.54, 1.807) is 0 Å². The van der Waals surface area contributed by atoms with Gasteiger partial charge in [0.1, 0.15) is 5.69 Å². The van der Waals surface area contributed by atoms with Crippen molar-refractivity contribution in [2.24, 2.45) is 5.92 Å². The molecule has 2 aromatic rings. The van der Waals surface area contributed by atoms with Gasteiger partial charge < -0.3 is 4.74 Å². The molecule has 1 unspecified atom stereocenters. The number of aryl methyl sites for hydroxylation is 1. The van der Waals surface area contributed by atoms with E-state index >= 15 is 0 Å². The van der Waals surface area contributed by atoms with Crippen molar-refractivity contribution >= 4 is 0 Å². The molecule has 2 aromatic heterocycles. The van der Waals surface area contributed by atoms with Crippen LogP contribution in [0.2, 0.25) is 0 Å². The van der Waals surface area contributed by atoms with Gasteiger partial charge in [-0.2, -0.15) is 4.39 Å². The molecule has 1 fully saturated rings. The first kappa shape index (κ1) is 13.2. The van der Waals surface area contributed by atoms with Crippen LogP contribution in [0.4, 0.5) is 4.39 Å². The molecule has 3 rings (SSSR count). The minimum Gasteiger partial charge on any atom is -0.381 e. The topological polar surface area (TPSA) is 52.8 Å². The zero-order valence-corrected chi connectivity index (χ0v) is 11.4. The summed E-state index contributed by atoms with van der Waals surface area (Å²) >= 11 is 0. The molecular weight excluding hydrogens is 259 g/mol. The Morgan fingerprint density at radius 3 is 3.20 bits per heavy atom. The number of hydrogen-bond acceptors (Lipinski definition) is 4. The summed E-state index contributed by atoms with van der Waals surface area (Å²) in [7, 11) is 0. The third kappa shape index (κ3) is 2.85. The van der Waals surface area contributed by atoms with Crippen LogP contribution in [0.25, 0.3) is 11.3 Å².